The molecule has 0 spiro atoms. The third-order valence-corrected chi connectivity index (χ3v) is 5.67. The van der Waals surface area contributed by atoms with Gasteiger partial charge < -0.3 is 4.74 Å². The SMILES string of the molecule is CC(C)(CCl)C(=O)C(Br)Oc1ccccc1C1CCCCC1. The second-order valence-electron chi connectivity index (χ2n) is 6.69. The number of Topliss-reactive ketones (excluding diaryl/α,β-unsaturated/α-hetero) is 1. The fraction of sp³-hybridized carbons (Fsp3) is 0.611. The Morgan fingerprint density at radius 2 is 1.95 bits per heavy atom. The number of carbonyl (C=O) groups is 1. The maximum absolute atomic E-state index is 12.4. The van der Waals surface area contributed by atoms with E-state index < -0.39 is 10.4 Å². The van der Waals surface area contributed by atoms with Crippen molar-refractivity contribution in [2.75, 3.05) is 5.88 Å². The van der Waals surface area contributed by atoms with E-state index in [1.807, 2.05) is 32.0 Å². The Bertz CT molecular complexity index is 510. The number of carbonyl (C=O) groups excluding carboxylic acids is 1. The van der Waals surface area contributed by atoms with Crippen LogP contribution in [0.15, 0.2) is 24.3 Å². The highest BCUT2D eigenvalue weighted by Crippen LogP contribution is 2.38. The average Bonchev–Trinajstić information content (AvgIpc) is 2.55. The van der Waals surface area contributed by atoms with Crippen molar-refractivity contribution in [3.8, 4) is 5.75 Å². The zero-order chi connectivity index (χ0) is 16.2. The molecule has 1 atom stereocenters. The predicted octanol–water partition coefficient (Wildman–Crippen LogP) is 5.67. The van der Waals surface area contributed by atoms with E-state index in [-0.39, 0.29) is 11.7 Å². The Morgan fingerprint density at radius 3 is 2.59 bits per heavy atom. The minimum Gasteiger partial charge on any atom is -0.471 e. The number of ether oxygens (including phenoxy) is 1. The summed E-state index contributed by atoms with van der Waals surface area (Å²) in [5.74, 6) is 1.61. The summed E-state index contributed by atoms with van der Waals surface area (Å²) in [5, 5.41) is -0.661. The molecule has 1 aromatic rings. The summed E-state index contributed by atoms with van der Waals surface area (Å²) in [4.78, 5) is 12.4. The molecule has 1 aliphatic rings. The van der Waals surface area contributed by atoms with Crippen LogP contribution in [0.2, 0.25) is 0 Å². The standard InChI is InChI=1S/C18H24BrClO2/c1-18(2,12-20)16(21)17(19)22-15-11-7-6-10-14(15)13-8-4-3-5-9-13/h6-7,10-11,13,17H,3-5,8-9,12H2,1-2H3. The molecule has 22 heavy (non-hydrogen) atoms. The Balaban J connectivity index is 2.14. The third kappa shape index (κ3) is 4.26. The van der Waals surface area contributed by atoms with Crippen molar-refractivity contribution in [3.63, 3.8) is 0 Å². The number of para-hydroxylation sites is 1. The lowest BCUT2D eigenvalue weighted by molar-refractivity contribution is -0.129. The van der Waals surface area contributed by atoms with Crippen molar-refractivity contribution in [3.05, 3.63) is 29.8 Å². The van der Waals surface area contributed by atoms with Crippen molar-refractivity contribution in [2.45, 2.75) is 56.9 Å². The van der Waals surface area contributed by atoms with E-state index in [2.05, 4.69) is 22.0 Å². The van der Waals surface area contributed by atoms with Crippen LogP contribution in [-0.2, 0) is 4.79 Å². The minimum atomic E-state index is -0.661. The van der Waals surface area contributed by atoms with Gasteiger partial charge in [0.25, 0.3) is 0 Å². The molecule has 2 rings (SSSR count). The van der Waals surface area contributed by atoms with E-state index in [1.165, 1.54) is 37.7 Å². The third-order valence-electron chi connectivity index (χ3n) is 4.40. The maximum Gasteiger partial charge on any atom is 0.211 e. The first-order valence-corrected chi connectivity index (χ1v) is 9.40. The zero-order valence-corrected chi connectivity index (χ0v) is 15.6. The smallest absolute Gasteiger partial charge is 0.211 e. The normalized spacial score (nSPS) is 18.0. The topological polar surface area (TPSA) is 26.3 Å². The van der Waals surface area contributed by atoms with Crippen LogP contribution in [0, 0.1) is 5.41 Å². The van der Waals surface area contributed by atoms with E-state index in [0.29, 0.717) is 5.92 Å². The van der Waals surface area contributed by atoms with E-state index in [9.17, 15) is 4.79 Å². The molecule has 1 aromatic carbocycles. The van der Waals surface area contributed by atoms with Gasteiger partial charge in [0.15, 0.2) is 5.78 Å². The van der Waals surface area contributed by atoms with Crippen LogP contribution >= 0.6 is 27.5 Å². The number of hydrogen-bond acceptors (Lipinski definition) is 2. The lowest BCUT2D eigenvalue weighted by atomic mass is 9.84. The fourth-order valence-electron chi connectivity index (χ4n) is 2.88. The number of alkyl halides is 2. The highest BCUT2D eigenvalue weighted by atomic mass is 79.9. The van der Waals surface area contributed by atoms with E-state index in [1.54, 1.807) is 0 Å². The van der Waals surface area contributed by atoms with Gasteiger partial charge in [-0.15, -0.1) is 11.6 Å². The minimum absolute atomic E-state index is 0.0269. The van der Waals surface area contributed by atoms with E-state index in [0.717, 1.165) is 5.75 Å². The molecular formula is C18H24BrClO2. The molecule has 122 valence electrons. The van der Waals surface area contributed by atoms with E-state index >= 15 is 0 Å². The largest absolute Gasteiger partial charge is 0.471 e. The summed E-state index contributed by atoms with van der Waals surface area (Å²) in [6, 6.07) is 8.09. The van der Waals surface area contributed by atoms with Gasteiger partial charge in [0.05, 0.1) is 0 Å². The number of benzene rings is 1. The van der Waals surface area contributed by atoms with Gasteiger partial charge in [-0.1, -0.05) is 51.3 Å². The second-order valence-corrected chi connectivity index (χ2v) is 7.79. The highest BCUT2D eigenvalue weighted by Gasteiger charge is 2.33. The molecule has 1 aliphatic carbocycles. The summed E-state index contributed by atoms with van der Waals surface area (Å²) in [7, 11) is 0. The first kappa shape index (κ1) is 17.8. The molecule has 1 saturated carbocycles. The van der Waals surface area contributed by atoms with Crippen LogP contribution in [0.5, 0.6) is 5.75 Å². The number of hydrogen-bond donors (Lipinski definition) is 0. The summed E-state index contributed by atoms with van der Waals surface area (Å²) in [5.41, 5.74) is 0.623. The number of halogens is 2. The first-order chi connectivity index (χ1) is 10.5. The van der Waals surface area contributed by atoms with Crippen molar-refractivity contribution < 1.29 is 9.53 Å². The number of ketones is 1. The van der Waals surface area contributed by atoms with Gasteiger partial charge in [0.1, 0.15) is 5.75 Å². The highest BCUT2D eigenvalue weighted by molar-refractivity contribution is 9.09. The van der Waals surface area contributed by atoms with Gasteiger partial charge in [-0.3, -0.25) is 4.79 Å². The van der Waals surface area contributed by atoms with Crippen molar-refractivity contribution in [2.24, 2.45) is 5.41 Å². The van der Waals surface area contributed by atoms with Crippen molar-refractivity contribution >= 4 is 33.3 Å². The van der Waals surface area contributed by atoms with Crippen LogP contribution < -0.4 is 4.74 Å². The molecule has 2 nitrogen and oxygen atoms in total. The zero-order valence-electron chi connectivity index (χ0n) is 13.3. The molecule has 0 saturated heterocycles. The Labute approximate surface area is 146 Å². The monoisotopic (exact) mass is 386 g/mol. The molecule has 0 radical (unpaired) electrons. The average molecular weight is 388 g/mol. The molecule has 0 amide bonds. The molecule has 0 aliphatic heterocycles. The molecule has 0 aromatic heterocycles. The van der Waals surface area contributed by atoms with Gasteiger partial charge in [-0.05, 0) is 46.3 Å². The lowest BCUT2D eigenvalue weighted by Crippen LogP contribution is -2.36. The Morgan fingerprint density at radius 1 is 1.32 bits per heavy atom. The Kier molecular flexibility index (Phi) is 6.34. The quantitative estimate of drug-likeness (QED) is 0.588. The van der Waals surface area contributed by atoms with Crippen LogP contribution in [0.4, 0.5) is 0 Å². The van der Waals surface area contributed by atoms with Gasteiger partial charge in [0, 0.05) is 11.3 Å². The summed E-state index contributed by atoms with van der Waals surface area (Å²) in [6.07, 6.45) is 6.27. The number of rotatable bonds is 6. The summed E-state index contributed by atoms with van der Waals surface area (Å²) < 4.78 is 5.96. The summed E-state index contributed by atoms with van der Waals surface area (Å²) in [6.45, 7) is 3.68. The molecule has 1 fully saturated rings. The van der Waals surface area contributed by atoms with Gasteiger partial charge in [-0.2, -0.15) is 0 Å². The van der Waals surface area contributed by atoms with Crippen LogP contribution in [-0.4, -0.2) is 16.7 Å². The summed E-state index contributed by atoms with van der Waals surface area (Å²) >= 11 is 9.28. The molecule has 1 unspecified atom stereocenters. The second kappa shape index (κ2) is 7.83. The van der Waals surface area contributed by atoms with Gasteiger partial charge in [0.2, 0.25) is 5.01 Å². The fourth-order valence-corrected chi connectivity index (χ4v) is 3.83. The molecule has 0 bridgehead atoms. The van der Waals surface area contributed by atoms with Gasteiger partial charge >= 0.3 is 0 Å². The van der Waals surface area contributed by atoms with Crippen molar-refractivity contribution in [1.29, 1.82) is 0 Å². The van der Waals surface area contributed by atoms with Crippen molar-refractivity contribution in [1.82, 2.24) is 0 Å². The lowest BCUT2D eigenvalue weighted by Gasteiger charge is -2.27. The van der Waals surface area contributed by atoms with E-state index in [4.69, 9.17) is 16.3 Å². The maximum atomic E-state index is 12.4. The van der Waals surface area contributed by atoms with Gasteiger partial charge in [-0.25, -0.2) is 0 Å². The molecule has 4 heteroatoms. The predicted molar refractivity (Wildman–Crippen MR) is 95.1 cm³/mol. The molecule has 0 heterocycles. The molecular weight excluding hydrogens is 364 g/mol. The molecule has 0 N–H and O–H groups in total. The van der Waals surface area contributed by atoms with Crippen LogP contribution in [0.25, 0.3) is 0 Å². The Hall–Kier alpha value is -0.540. The first-order valence-electron chi connectivity index (χ1n) is 7.95. The van der Waals surface area contributed by atoms with Crippen LogP contribution in [0.3, 0.4) is 0 Å². The van der Waals surface area contributed by atoms with Crippen LogP contribution in [0.1, 0.15) is 57.4 Å².